The molecule has 3 amide bonds. The van der Waals surface area contributed by atoms with Crippen molar-refractivity contribution in [2.75, 3.05) is 37.4 Å². The van der Waals surface area contributed by atoms with Crippen molar-refractivity contribution in [2.24, 2.45) is 0 Å². The monoisotopic (exact) mass is 382 g/mol. The lowest BCUT2D eigenvalue weighted by Gasteiger charge is -2.34. The van der Waals surface area contributed by atoms with Crippen molar-refractivity contribution >= 4 is 29.1 Å². The Balaban J connectivity index is 1.70. The van der Waals surface area contributed by atoms with Crippen LogP contribution in [0.25, 0.3) is 0 Å². The molecule has 0 aliphatic carbocycles. The topological polar surface area (TPSA) is 99.8 Å². The van der Waals surface area contributed by atoms with E-state index in [9.17, 15) is 14.4 Å². The molecule has 0 saturated carbocycles. The van der Waals surface area contributed by atoms with Crippen LogP contribution in [-0.4, -0.2) is 51.0 Å². The number of rotatable bonds is 5. The fourth-order valence-corrected chi connectivity index (χ4v) is 2.98. The molecule has 0 spiro atoms. The normalized spacial score (nSPS) is 15.1. The first-order valence-electron chi connectivity index (χ1n) is 8.86. The van der Waals surface area contributed by atoms with Gasteiger partial charge in [-0.1, -0.05) is 12.1 Å². The van der Waals surface area contributed by atoms with Gasteiger partial charge in [-0.15, -0.1) is 0 Å². The number of hydrogen-bond donors (Lipinski definition) is 3. The third-order valence-electron chi connectivity index (χ3n) is 4.39. The Morgan fingerprint density at radius 2 is 1.75 bits per heavy atom. The molecule has 146 valence electrons. The average molecular weight is 382 g/mol. The van der Waals surface area contributed by atoms with Gasteiger partial charge < -0.3 is 25.6 Å². The molecule has 1 heterocycles. The number of carbonyl (C=O) groups excluding carboxylic acids is 3. The number of nitrogens with zero attached hydrogens (tertiary/aromatic N) is 1. The third-order valence-corrected chi connectivity index (χ3v) is 4.39. The number of likely N-dealkylation sites (N-methyl/N-ethyl adjacent to an activating group) is 1. The molecule has 0 saturated heterocycles. The second-order valence-corrected chi connectivity index (χ2v) is 6.27. The summed E-state index contributed by atoms with van der Waals surface area (Å²) in [7, 11) is 3.11. The zero-order valence-electron chi connectivity index (χ0n) is 15.7. The molecule has 1 atom stereocenters. The molecule has 0 unspecified atom stereocenters. The van der Waals surface area contributed by atoms with Gasteiger partial charge in [0, 0.05) is 25.3 Å². The Labute approximate surface area is 162 Å². The molecular weight excluding hydrogens is 360 g/mol. The zero-order valence-corrected chi connectivity index (χ0v) is 15.7. The van der Waals surface area contributed by atoms with E-state index in [4.69, 9.17) is 4.74 Å². The molecule has 0 fully saturated rings. The quantitative estimate of drug-likeness (QED) is 0.716. The van der Waals surface area contributed by atoms with Gasteiger partial charge in [0.1, 0.15) is 5.75 Å². The van der Waals surface area contributed by atoms with Crippen LogP contribution in [0.5, 0.6) is 5.75 Å². The summed E-state index contributed by atoms with van der Waals surface area (Å²) in [6.45, 7) is 0.324. The van der Waals surface area contributed by atoms with Crippen LogP contribution in [0.2, 0.25) is 0 Å². The molecule has 3 N–H and O–H groups in total. The summed E-state index contributed by atoms with van der Waals surface area (Å²) in [5.41, 5.74) is 1.85. The Hall–Kier alpha value is -3.55. The molecule has 0 aromatic heterocycles. The largest absolute Gasteiger partial charge is 0.477 e. The minimum atomic E-state index is -0.695. The minimum Gasteiger partial charge on any atom is -0.477 e. The Morgan fingerprint density at radius 1 is 1.04 bits per heavy atom. The highest BCUT2D eigenvalue weighted by Crippen LogP contribution is 2.32. The lowest BCUT2D eigenvalue weighted by Crippen LogP contribution is -2.50. The molecule has 2 aromatic rings. The number of fused-ring (bicyclic) bond motifs is 1. The van der Waals surface area contributed by atoms with Gasteiger partial charge >= 0.3 is 0 Å². The van der Waals surface area contributed by atoms with Crippen LogP contribution in [0.4, 0.5) is 11.4 Å². The van der Waals surface area contributed by atoms with Gasteiger partial charge in [0.2, 0.25) is 5.91 Å². The van der Waals surface area contributed by atoms with Gasteiger partial charge in [-0.2, -0.15) is 0 Å². The first-order chi connectivity index (χ1) is 13.5. The smallest absolute Gasteiger partial charge is 0.262 e. The standard InChI is InChI=1S/C20H22N4O4/c1-21-19(26)13-7-9-14(10-8-13)23-18(25)12-24-11-17(20(27)22-2)28-16-6-4-3-5-15(16)24/h3-10,17H,11-12H2,1-2H3,(H,21,26)(H,22,27)(H,23,25)/t17-/m1/s1. The van der Waals surface area contributed by atoms with Gasteiger partial charge in [-0.25, -0.2) is 0 Å². The van der Waals surface area contributed by atoms with E-state index >= 15 is 0 Å². The van der Waals surface area contributed by atoms with Crippen molar-refractivity contribution in [3.8, 4) is 5.75 Å². The van der Waals surface area contributed by atoms with Gasteiger partial charge in [0.25, 0.3) is 11.8 Å². The Kier molecular flexibility index (Phi) is 5.78. The van der Waals surface area contributed by atoms with E-state index in [0.717, 1.165) is 5.69 Å². The van der Waals surface area contributed by atoms with E-state index in [2.05, 4.69) is 16.0 Å². The van der Waals surface area contributed by atoms with Crippen molar-refractivity contribution in [3.63, 3.8) is 0 Å². The van der Waals surface area contributed by atoms with Gasteiger partial charge in [-0.3, -0.25) is 14.4 Å². The van der Waals surface area contributed by atoms with Crippen molar-refractivity contribution < 1.29 is 19.1 Å². The van der Waals surface area contributed by atoms with E-state index in [-0.39, 0.29) is 30.8 Å². The molecule has 3 rings (SSSR count). The van der Waals surface area contributed by atoms with Crippen LogP contribution >= 0.6 is 0 Å². The molecule has 8 nitrogen and oxygen atoms in total. The van der Waals surface area contributed by atoms with Crippen LogP contribution in [0, 0.1) is 0 Å². The van der Waals surface area contributed by atoms with E-state index in [1.807, 2.05) is 23.1 Å². The number of amides is 3. The number of nitrogens with one attached hydrogen (secondary N) is 3. The van der Waals surface area contributed by atoms with E-state index < -0.39 is 6.10 Å². The predicted octanol–water partition coefficient (Wildman–Crippen LogP) is 0.998. The predicted molar refractivity (Wildman–Crippen MR) is 106 cm³/mol. The fourth-order valence-electron chi connectivity index (χ4n) is 2.98. The summed E-state index contributed by atoms with van der Waals surface area (Å²) in [6.07, 6.45) is -0.695. The molecule has 0 bridgehead atoms. The summed E-state index contributed by atoms with van der Waals surface area (Å²) in [5.74, 6) is -0.113. The van der Waals surface area contributed by atoms with Crippen LogP contribution in [-0.2, 0) is 9.59 Å². The highest BCUT2D eigenvalue weighted by Gasteiger charge is 2.30. The molecule has 1 aliphatic heterocycles. The zero-order chi connectivity index (χ0) is 20.1. The minimum absolute atomic E-state index is 0.0606. The number of ether oxygens (including phenoxy) is 1. The van der Waals surface area contributed by atoms with Crippen molar-refractivity contribution in [3.05, 3.63) is 54.1 Å². The molecule has 8 heteroatoms. The second kappa shape index (κ2) is 8.43. The lowest BCUT2D eigenvalue weighted by atomic mass is 10.1. The van der Waals surface area contributed by atoms with Crippen molar-refractivity contribution in [2.45, 2.75) is 6.10 Å². The molecular formula is C20H22N4O4. The first kappa shape index (κ1) is 19.2. The number of hydrogen-bond acceptors (Lipinski definition) is 5. The Bertz CT molecular complexity index is 882. The lowest BCUT2D eigenvalue weighted by molar-refractivity contribution is -0.127. The SMILES string of the molecule is CNC(=O)c1ccc(NC(=O)CN2C[C@H](C(=O)NC)Oc3ccccc32)cc1. The van der Waals surface area contributed by atoms with Gasteiger partial charge in [0.05, 0.1) is 18.8 Å². The third kappa shape index (κ3) is 4.22. The summed E-state index contributed by atoms with van der Waals surface area (Å²) < 4.78 is 5.74. The Morgan fingerprint density at radius 3 is 2.43 bits per heavy atom. The summed E-state index contributed by atoms with van der Waals surface area (Å²) in [5, 5.41) is 7.93. The van der Waals surface area contributed by atoms with Crippen LogP contribution in [0.1, 0.15) is 10.4 Å². The number of anilines is 2. The highest BCUT2D eigenvalue weighted by molar-refractivity contribution is 5.97. The molecule has 2 aromatic carbocycles. The molecule has 0 radical (unpaired) electrons. The maximum Gasteiger partial charge on any atom is 0.262 e. The van der Waals surface area contributed by atoms with Gasteiger partial charge in [-0.05, 0) is 36.4 Å². The maximum atomic E-state index is 12.5. The molecule has 1 aliphatic rings. The van der Waals surface area contributed by atoms with E-state index in [0.29, 0.717) is 17.0 Å². The summed E-state index contributed by atoms with van der Waals surface area (Å²) in [6, 6.07) is 13.9. The highest BCUT2D eigenvalue weighted by atomic mass is 16.5. The first-order valence-corrected chi connectivity index (χ1v) is 8.86. The van der Waals surface area contributed by atoms with Crippen LogP contribution < -0.4 is 25.6 Å². The van der Waals surface area contributed by atoms with Crippen molar-refractivity contribution in [1.29, 1.82) is 0 Å². The average Bonchev–Trinajstić information content (AvgIpc) is 2.73. The summed E-state index contributed by atoms with van der Waals surface area (Å²) in [4.78, 5) is 38.0. The van der Waals surface area contributed by atoms with Crippen LogP contribution in [0.15, 0.2) is 48.5 Å². The van der Waals surface area contributed by atoms with E-state index in [1.54, 1.807) is 44.4 Å². The van der Waals surface area contributed by atoms with Crippen LogP contribution in [0.3, 0.4) is 0 Å². The number of benzene rings is 2. The summed E-state index contributed by atoms with van der Waals surface area (Å²) >= 11 is 0. The number of para-hydroxylation sites is 2. The second-order valence-electron chi connectivity index (χ2n) is 6.27. The fraction of sp³-hybridized carbons (Fsp3) is 0.250. The van der Waals surface area contributed by atoms with Crippen molar-refractivity contribution in [1.82, 2.24) is 10.6 Å². The van der Waals surface area contributed by atoms with E-state index in [1.165, 1.54) is 0 Å². The number of carbonyl (C=O) groups is 3. The maximum absolute atomic E-state index is 12.5. The molecule has 28 heavy (non-hydrogen) atoms. The van der Waals surface area contributed by atoms with Gasteiger partial charge in [0.15, 0.2) is 6.10 Å².